The lowest BCUT2D eigenvalue weighted by Gasteiger charge is -2.43. The maximum atomic E-state index is 12.8. The molecule has 2 saturated heterocycles. The molecule has 0 aliphatic carbocycles. The SMILES string of the molecule is C#Cc1cncc([C@]2(C#N)C[C@H]3CC[C@@H](C2)N3CC(F)(F)F)c1. The van der Waals surface area contributed by atoms with E-state index in [-0.39, 0.29) is 12.1 Å². The zero-order valence-electron chi connectivity index (χ0n) is 12.5. The van der Waals surface area contributed by atoms with E-state index in [0.717, 1.165) is 5.56 Å². The van der Waals surface area contributed by atoms with Gasteiger partial charge in [-0.2, -0.15) is 18.4 Å². The van der Waals surface area contributed by atoms with Crippen molar-refractivity contribution in [3.8, 4) is 18.4 Å². The second-order valence-electron chi connectivity index (χ2n) is 6.38. The van der Waals surface area contributed by atoms with Crippen LogP contribution in [0.25, 0.3) is 0 Å². The summed E-state index contributed by atoms with van der Waals surface area (Å²) in [4.78, 5) is 5.61. The molecule has 3 rings (SSSR count). The Bertz CT molecular complexity index is 670. The topological polar surface area (TPSA) is 39.9 Å². The number of aromatic nitrogens is 1. The van der Waals surface area contributed by atoms with Crippen molar-refractivity contribution in [1.82, 2.24) is 9.88 Å². The molecule has 0 amide bonds. The van der Waals surface area contributed by atoms with Gasteiger partial charge in [0, 0.05) is 30.0 Å². The highest BCUT2D eigenvalue weighted by molar-refractivity contribution is 5.40. The van der Waals surface area contributed by atoms with Gasteiger partial charge in [0.2, 0.25) is 0 Å². The predicted molar refractivity (Wildman–Crippen MR) is 78.3 cm³/mol. The first-order valence-corrected chi connectivity index (χ1v) is 7.53. The molecule has 2 aliphatic heterocycles. The minimum absolute atomic E-state index is 0.218. The maximum Gasteiger partial charge on any atom is 0.401 e. The molecule has 23 heavy (non-hydrogen) atoms. The van der Waals surface area contributed by atoms with E-state index >= 15 is 0 Å². The average molecular weight is 319 g/mol. The van der Waals surface area contributed by atoms with Gasteiger partial charge < -0.3 is 0 Å². The summed E-state index contributed by atoms with van der Waals surface area (Å²) in [6.45, 7) is -0.896. The van der Waals surface area contributed by atoms with Gasteiger partial charge in [0.1, 0.15) is 0 Å². The number of nitriles is 1. The highest BCUT2D eigenvalue weighted by Gasteiger charge is 2.52. The zero-order chi connectivity index (χ0) is 16.7. The summed E-state index contributed by atoms with van der Waals surface area (Å²) >= 11 is 0. The monoisotopic (exact) mass is 319 g/mol. The van der Waals surface area contributed by atoms with Gasteiger partial charge >= 0.3 is 6.18 Å². The van der Waals surface area contributed by atoms with Crippen molar-refractivity contribution < 1.29 is 13.2 Å². The Hall–Kier alpha value is -2.05. The van der Waals surface area contributed by atoms with Crippen LogP contribution in [0, 0.1) is 23.7 Å². The molecule has 120 valence electrons. The van der Waals surface area contributed by atoms with Gasteiger partial charge in [-0.05, 0) is 37.3 Å². The fraction of sp³-hybridized carbons (Fsp3) is 0.529. The average Bonchev–Trinajstić information content (AvgIpc) is 2.75. The Morgan fingerprint density at radius 1 is 1.30 bits per heavy atom. The van der Waals surface area contributed by atoms with Crippen LogP contribution in [0.4, 0.5) is 13.2 Å². The molecule has 0 saturated carbocycles. The van der Waals surface area contributed by atoms with E-state index in [1.54, 1.807) is 18.5 Å². The Balaban J connectivity index is 1.90. The third-order valence-corrected chi connectivity index (χ3v) is 4.97. The van der Waals surface area contributed by atoms with Crippen LogP contribution in [0.2, 0.25) is 0 Å². The molecule has 3 nitrogen and oxygen atoms in total. The van der Waals surface area contributed by atoms with E-state index in [1.165, 1.54) is 4.90 Å². The van der Waals surface area contributed by atoms with Crippen molar-refractivity contribution in [1.29, 1.82) is 5.26 Å². The van der Waals surface area contributed by atoms with E-state index in [9.17, 15) is 18.4 Å². The van der Waals surface area contributed by atoms with E-state index in [0.29, 0.717) is 31.2 Å². The van der Waals surface area contributed by atoms with Crippen LogP contribution >= 0.6 is 0 Å². The molecule has 3 atom stereocenters. The molecule has 2 bridgehead atoms. The predicted octanol–water partition coefficient (Wildman–Crippen LogP) is 3.01. The molecule has 0 N–H and O–H groups in total. The Morgan fingerprint density at radius 3 is 2.48 bits per heavy atom. The van der Waals surface area contributed by atoms with Gasteiger partial charge in [-0.3, -0.25) is 9.88 Å². The Morgan fingerprint density at radius 2 is 1.96 bits per heavy atom. The van der Waals surface area contributed by atoms with Crippen molar-refractivity contribution >= 4 is 0 Å². The first-order chi connectivity index (χ1) is 10.9. The molecule has 2 fully saturated rings. The lowest BCUT2D eigenvalue weighted by Crippen LogP contribution is -2.51. The van der Waals surface area contributed by atoms with E-state index < -0.39 is 18.1 Å². The fourth-order valence-electron chi connectivity index (χ4n) is 3.98. The summed E-state index contributed by atoms with van der Waals surface area (Å²) in [6.07, 6.45) is 6.52. The molecule has 1 aromatic rings. The third-order valence-electron chi connectivity index (χ3n) is 4.97. The van der Waals surface area contributed by atoms with Crippen molar-refractivity contribution in [3.63, 3.8) is 0 Å². The van der Waals surface area contributed by atoms with Crippen LogP contribution in [0.3, 0.4) is 0 Å². The number of halogens is 3. The first-order valence-electron chi connectivity index (χ1n) is 7.53. The summed E-state index contributed by atoms with van der Waals surface area (Å²) in [5.41, 5.74) is 0.509. The second-order valence-corrected chi connectivity index (χ2v) is 6.38. The quantitative estimate of drug-likeness (QED) is 0.787. The minimum Gasteiger partial charge on any atom is -0.289 e. The molecule has 3 heterocycles. The molecule has 0 unspecified atom stereocenters. The molecular weight excluding hydrogens is 303 g/mol. The summed E-state index contributed by atoms with van der Waals surface area (Å²) < 4.78 is 38.3. The number of hydrogen-bond acceptors (Lipinski definition) is 3. The summed E-state index contributed by atoms with van der Waals surface area (Å²) in [6, 6.07) is 3.68. The molecule has 0 radical (unpaired) electrons. The van der Waals surface area contributed by atoms with Crippen molar-refractivity contribution in [2.24, 2.45) is 0 Å². The molecule has 1 aromatic heterocycles. The fourth-order valence-corrected chi connectivity index (χ4v) is 3.98. The van der Waals surface area contributed by atoms with Gasteiger partial charge in [0.25, 0.3) is 0 Å². The number of pyridine rings is 1. The number of fused-ring (bicyclic) bond motifs is 2. The molecule has 2 aliphatic rings. The van der Waals surface area contributed by atoms with Gasteiger partial charge in [0.15, 0.2) is 0 Å². The standard InChI is InChI=1S/C17H16F3N3/c1-2-12-5-13(9-22-8-12)16(10-21)6-14-3-4-15(7-16)23(14)11-17(18,19)20/h1,5,8-9,14-15H,3-4,6-7,11H2/t14-,15+,16-. The third kappa shape index (κ3) is 2.92. The first kappa shape index (κ1) is 15.8. The van der Waals surface area contributed by atoms with Gasteiger partial charge in [-0.25, -0.2) is 0 Å². The van der Waals surface area contributed by atoms with Gasteiger partial charge in [-0.1, -0.05) is 5.92 Å². The van der Waals surface area contributed by atoms with Crippen LogP contribution < -0.4 is 0 Å². The van der Waals surface area contributed by atoms with E-state index in [4.69, 9.17) is 6.42 Å². The summed E-state index contributed by atoms with van der Waals surface area (Å²) in [5.74, 6) is 2.49. The van der Waals surface area contributed by atoms with Crippen molar-refractivity contribution in [3.05, 3.63) is 29.6 Å². The Kier molecular flexibility index (Phi) is 3.82. The van der Waals surface area contributed by atoms with Crippen LogP contribution in [-0.4, -0.2) is 34.7 Å². The number of terminal acetylenes is 1. The number of rotatable bonds is 2. The summed E-state index contributed by atoms with van der Waals surface area (Å²) in [5, 5.41) is 9.77. The van der Waals surface area contributed by atoms with Crippen LogP contribution in [0.5, 0.6) is 0 Å². The van der Waals surface area contributed by atoms with E-state index in [2.05, 4.69) is 17.0 Å². The van der Waals surface area contributed by atoms with Gasteiger partial charge in [0.05, 0.1) is 18.0 Å². The van der Waals surface area contributed by atoms with Gasteiger partial charge in [-0.15, -0.1) is 6.42 Å². The maximum absolute atomic E-state index is 12.8. The number of piperidine rings is 1. The molecule has 6 heteroatoms. The van der Waals surface area contributed by atoms with Crippen LogP contribution in [-0.2, 0) is 5.41 Å². The second kappa shape index (κ2) is 5.54. The Labute approximate surface area is 133 Å². The highest BCUT2D eigenvalue weighted by Crippen LogP contribution is 2.47. The molecule has 0 spiro atoms. The highest BCUT2D eigenvalue weighted by atomic mass is 19.4. The molecular formula is C17H16F3N3. The summed E-state index contributed by atoms with van der Waals surface area (Å²) in [7, 11) is 0. The van der Waals surface area contributed by atoms with Crippen molar-refractivity contribution in [2.45, 2.75) is 49.4 Å². The van der Waals surface area contributed by atoms with Crippen molar-refractivity contribution in [2.75, 3.05) is 6.54 Å². The zero-order valence-corrected chi connectivity index (χ0v) is 12.5. The number of hydrogen-bond donors (Lipinski definition) is 0. The van der Waals surface area contributed by atoms with Crippen LogP contribution in [0.15, 0.2) is 18.5 Å². The van der Waals surface area contributed by atoms with E-state index in [1.807, 2.05) is 0 Å². The smallest absolute Gasteiger partial charge is 0.289 e. The van der Waals surface area contributed by atoms with Crippen LogP contribution in [0.1, 0.15) is 36.8 Å². The lowest BCUT2D eigenvalue weighted by molar-refractivity contribution is -0.156. The molecule has 0 aromatic carbocycles. The minimum atomic E-state index is -4.21. The normalized spacial score (nSPS) is 30.7. The lowest BCUT2D eigenvalue weighted by atomic mass is 9.71. The number of nitrogens with zero attached hydrogens (tertiary/aromatic N) is 3. The number of alkyl halides is 3. The largest absolute Gasteiger partial charge is 0.401 e.